The summed E-state index contributed by atoms with van der Waals surface area (Å²) in [7, 11) is 0. The van der Waals surface area contributed by atoms with Gasteiger partial charge in [0.25, 0.3) is 5.89 Å². The van der Waals surface area contributed by atoms with Crippen molar-refractivity contribution in [3.63, 3.8) is 0 Å². The van der Waals surface area contributed by atoms with Gasteiger partial charge in [0.2, 0.25) is 11.7 Å². The summed E-state index contributed by atoms with van der Waals surface area (Å²) in [5.41, 5.74) is 0.746. The van der Waals surface area contributed by atoms with Gasteiger partial charge in [-0.1, -0.05) is 24.4 Å². The molecule has 1 amide bonds. The van der Waals surface area contributed by atoms with Gasteiger partial charge in [-0.05, 0) is 37.1 Å². The lowest BCUT2D eigenvalue weighted by atomic mass is 10.1. The molecule has 0 unspecified atom stereocenters. The van der Waals surface area contributed by atoms with Crippen LogP contribution < -0.4 is 5.32 Å². The molecule has 5 nitrogen and oxygen atoms in total. The summed E-state index contributed by atoms with van der Waals surface area (Å²) in [6, 6.07) is 7.02. The van der Waals surface area contributed by atoms with Crippen LogP contribution in [0.5, 0.6) is 0 Å². The molecule has 0 atom stereocenters. The molecule has 23 heavy (non-hydrogen) atoms. The number of anilines is 1. The number of hydrogen-bond donors (Lipinski definition) is 1. The Kier molecular flexibility index (Phi) is 6.81. The van der Waals surface area contributed by atoms with Crippen LogP contribution in [0, 0.1) is 0 Å². The first kappa shape index (κ1) is 17.2. The lowest BCUT2D eigenvalue weighted by Crippen LogP contribution is -2.10. The third-order valence-corrected chi connectivity index (χ3v) is 3.61. The number of ketones is 1. The maximum absolute atomic E-state index is 11.8. The fourth-order valence-corrected chi connectivity index (χ4v) is 2.28. The van der Waals surface area contributed by atoms with Crippen molar-refractivity contribution in [1.29, 1.82) is 0 Å². The Bertz CT molecular complexity index is 624. The van der Waals surface area contributed by atoms with Gasteiger partial charge < -0.3 is 9.73 Å². The maximum atomic E-state index is 11.8. The van der Waals surface area contributed by atoms with Crippen LogP contribution in [0.4, 0.5) is 5.69 Å². The van der Waals surface area contributed by atoms with Gasteiger partial charge in [-0.25, -0.2) is 4.98 Å². The van der Waals surface area contributed by atoms with Crippen molar-refractivity contribution >= 4 is 29.0 Å². The van der Waals surface area contributed by atoms with E-state index < -0.39 is 0 Å². The Labute approximate surface area is 140 Å². The number of amides is 1. The number of unbranched alkanes of at least 4 members (excludes halogenated alkanes) is 3. The minimum absolute atomic E-state index is 0.0109. The highest BCUT2D eigenvalue weighted by Gasteiger charge is 2.09. The quantitative estimate of drug-likeness (QED) is 0.541. The van der Waals surface area contributed by atoms with E-state index in [0.29, 0.717) is 17.9 Å². The summed E-state index contributed by atoms with van der Waals surface area (Å²) in [6.07, 6.45) is 7.15. The first-order valence-electron chi connectivity index (χ1n) is 7.63. The number of oxazole rings is 1. The maximum Gasteiger partial charge on any atom is 0.263 e. The number of carbonyl (C=O) groups is 2. The predicted molar refractivity (Wildman–Crippen MR) is 88.6 cm³/mol. The smallest absolute Gasteiger partial charge is 0.263 e. The second-order valence-electron chi connectivity index (χ2n) is 5.23. The fraction of sp³-hybridized carbons (Fsp3) is 0.353. The number of benzene rings is 1. The van der Waals surface area contributed by atoms with Crippen LogP contribution in [0.1, 0.15) is 49.2 Å². The lowest BCUT2D eigenvalue weighted by molar-refractivity contribution is -0.116. The van der Waals surface area contributed by atoms with E-state index in [1.165, 1.54) is 12.5 Å². The first-order chi connectivity index (χ1) is 11.1. The van der Waals surface area contributed by atoms with Gasteiger partial charge in [0.05, 0.1) is 6.20 Å². The molecule has 0 aliphatic heterocycles. The molecule has 0 aliphatic rings. The van der Waals surface area contributed by atoms with Crippen molar-refractivity contribution in [2.24, 2.45) is 0 Å². The molecule has 0 aliphatic carbocycles. The van der Waals surface area contributed by atoms with Gasteiger partial charge in [0.15, 0.2) is 0 Å². The van der Waals surface area contributed by atoms with E-state index >= 15 is 0 Å². The number of hydrogen-bond acceptors (Lipinski definition) is 4. The molecule has 0 fully saturated rings. The fourth-order valence-electron chi connectivity index (χ4n) is 2.15. The second-order valence-corrected chi connectivity index (χ2v) is 5.67. The predicted octanol–water partition coefficient (Wildman–Crippen LogP) is 4.49. The average Bonchev–Trinajstić information content (AvgIpc) is 3.07. The molecule has 2 aromatic rings. The van der Waals surface area contributed by atoms with Crippen molar-refractivity contribution in [1.82, 2.24) is 4.98 Å². The Morgan fingerprint density at radius 2 is 1.74 bits per heavy atom. The van der Waals surface area contributed by atoms with Gasteiger partial charge in [-0.2, -0.15) is 0 Å². The second kappa shape index (κ2) is 9.10. The SMILES string of the molecule is O=C(CCCCCCC(=O)c1ncco1)Nc1ccc(Cl)cc1. The van der Waals surface area contributed by atoms with Crippen LogP contribution in [0.15, 0.2) is 41.1 Å². The number of carbonyl (C=O) groups excluding carboxylic acids is 2. The summed E-state index contributed by atoms with van der Waals surface area (Å²) in [5, 5.41) is 3.47. The number of nitrogens with one attached hydrogen (secondary N) is 1. The topological polar surface area (TPSA) is 72.2 Å². The highest BCUT2D eigenvalue weighted by atomic mass is 35.5. The number of rotatable bonds is 9. The highest BCUT2D eigenvalue weighted by Crippen LogP contribution is 2.14. The molecule has 0 saturated heterocycles. The van der Waals surface area contributed by atoms with Crippen LogP contribution in [0.2, 0.25) is 5.02 Å². The molecule has 6 heteroatoms. The summed E-state index contributed by atoms with van der Waals surface area (Å²) < 4.78 is 4.95. The lowest BCUT2D eigenvalue weighted by Gasteiger charge is -2.05. The van der Waals surface area contributed by atoms with Gasteiger partial charge in [0.1, 0.15) is 6.26 Å². The van der Waals surface area contributed by atoms with Crippen LogP contribution in [0.25, 0.3) is 0 Å². The van der Waals surface area contributed by atoms with E-state index in [9.17, 15) is 9.59 Å². The zero-order chi connectivity index (χ0) is 16.5. The van der Waals surface area contributed by atoms with E-state index in [1.54, 1.807) is 24.3 Å². The number of Topliss-reactive ketones (excluding diaryl/α,β-unsaturated/α-hetero) is 1. The third kappa shape index (κ3) is 6.24. The van der Waals surface area contributed by atoms with Crippen molar-refractivity contribution in [3.05, 3.63) is 47.6 Å². The van der Waals surface area contributed by atoms with E-state index in [2.05, 4.69) is 10.3 Å². The zero-order valence-electron chi connectivity index (χ0n) is 12.8. The van der Waals surface area contributed by atoms with Gasteiger partial charge >= 0.3 is 0 Å². The van der Waals surface area contributed by atoms with E-state index in [-0.39, 0.29) is 17.6 Å². The van der Waals surface area contributed by atoms with Gasteiger partial charge in [-0.15, -0.1) is 0 Å². The van der Waals surface area contributed by atoms with Crippen LogP contribution in [-0.4, -0.2) is 16.7 Å². The Hall–Kier alpha value is -2.14. The monoisotopic (exact) mass is 334 g/mol. The molecule has 0 radical (unpaired) electrons. The summed E-state index contributed by atoms with van der Waals surface area (Å²) in [5.74, 6) is 0.0889. The molecule has 2 rings (SSSR count). The standard InChI is InChI=1S/C17H19ClN2O3/c18-13-7-9-14(10-8-13)20-16(22)6-4-2-1-3-5-15(21)17-19-11-12-23-17/h7-12H,1-6H2,(H,20,22). The van der Waals surface area contributed by atoms with E-state index in [4.69, 9.17) is 16.0 Å². The molecule has 1 N–H and O–H groups in total. The average molecular weight is 335 g/mol. The largest absolute Gasteiger partial charge is 0.442 e. The zero-order valence-corrected chi connectivity index (χ0v) is 13.5. The molecule has 1 aromatic heterocycles. The molecule has 0 spiro atoms. The molecule has 122 valence electrons. The molecule has 0 bridgehead atoms. The number of halogens is 1. The number of nitrogens with zero attached hydrogens (tertiary/aromatic N) is 1. The minimum atomic E-state index is -0.0736. The van der Waals surface area contributed by atoms with Gasteiger partial charge in [0, 0.05) is 23.6 Å². The van der Waals surface area contributed by atoms with Crippen LogP contribution in [-0.2, 0) is 4.79 Å². The highest BCUT2D eigenvalue weighted by molar-refractivity contribution is 6.30. The van der Waals surface area contributed by atoms with Crippen LogP contribution >= 0.6 is 11.6 Å². The van der Waals surface area contributed by atoms with Crippen molar-refractivity contribution in [2.75, 3.05) is 5.32 Å². The summed E-state index contributed by atoms with van der Waals surface area (Å²) in [6.45, 7) is 0. The van der Waals surface area contributed by atoms with Crippen molar-refractivity contribution in [2.45, 2.75) is 38.5 Å². The van der Waals surface area contributed by atoms with Crippen molar-refractivity contribution in [3.8, 4) is 0 Å². The van der Waals surface area contributed by atoms with E-state index in [1.807, 2.05) is 0 Å². The minimum Gasteiger partial charge on any atom is -0.442 e. The molecular formula is C17H19ClN2O3. The van der Waals surface area contributed by atoms with Crippen molar-refractivity contribution < 1.29 is 14.0 Å². The summed E-state index contributed by atoms with van der Waals surface area (Å²) in [4.78, 5) is 27.2. The molecule has 0 saturated carbocycles. The van der Waals surface area contributed by atoms with Gasteiger partial charge in [-0.3, -0.25) is 9.59 Å². The molecule has 1 aromatic carbocycles. The van der Waals surface area contributed by atoms with E-state index in [0.717, 1.165) is 31.4 Å². The summed E-state index contributed by atoms with van der Waals surface area (Å²) >= 11 is 5.79. The first-order valence-corrected chi connectivity index (χ1v) is 8.01. The molecular weight excluding hydrogens is 316 g/mol. The normalized spacial score (nSPS) is 10.5. The van der Waals surface area contributed by atoms with Crippen LogP contribution in [0.3, 0.4) is 0 Å². The molecule has 1 heterocycles. The third-order valence-electron chi connectivity index (χ3n) is 3.36. The number of aromatic nitrogens is 1. The Morgan fingerprint density at radius 1 is 1.04 bits per heavy atom. The Balaban J connectivity index is 1.54. The Morgan fingerprint density at radius 3 is 2.39 bits per heavy atom.